The van der Waals surface area contributed by atoms with Gasteiger partial charge in [0.25, 0.3) is 5.91 Å². The molecular weight excluding hydrogens is 348 g/mol. The van der Waals surface area contributed by atoms with E-state index in [-0.39, 0.29) is 18.6 Å². The fraction of sp³-hybridized carbons (Fsp3) is 0.450. The molecule has 2 heterocycles. The largest absolute Gasteiger partial charge is 0.451 e. The van der Waals surface area contributed by atoms with Gasteiger partial charge in [0.2, 0.25) is 0 Å². The number of likely N-dealkylation sites (tertiary alicyclic amines) is 1. The zero-order valence-corrected chi connectivity index (χ0v) is 16.1. The summed E-state index contributed by atoms with van der Waals surface area (Å²) in [7, 11) is 0. The summed E-state index contributed by atoms with van der Waals surface area (Å²) >= 11 is 1.30. The molecule has 1 aliphatic rings. The number of thiazole rings is 1. The summed E-state index contributed by atoms with van der Waals surface area (Å²) in [5.41, 5.74) is 1.49. The lowest BCUT2D eigenvalue weighted by Crippen LogP contribution is -2.45. The minimum atomic E-state index is -0.479. The SMILES string of the molecule is CC[C@@H]1CCCCN1C(=O)COC(=O)c1sc(C)nc1-c1ccccc1. The topological polar surface area (TPSA) is 59.5 Å². The van der Waals surface area contributed by atoms with Gasteiger partial charge < -0.3 is 9.64 Å². The predicted octanol–water partition coefficient (Wildman–Crippen LogP) is 4.07. The van der Waals surface area contributed by atoms with Gasteiger partial charge in [0, 0.05) is 18.2 Å². The molecule has 1 amide bonds. The summed E-state index contributed by atoms with van der Waals surface area (Å²) in [6.07, 6.45) is 4.14. The molecule has 26 heavy (non-hydrogen) atoms. The van der Waals surface area contributed by atoms with Crippen LogP contribution in [0.1, 0.15) is 47.3 Å². The van der Waals surface area contributed by atoms with Crippen LogP contribution in [0.3, 0.4) is 0 Å². The molecule has 0 unspecified atom stereocenters. The molecule has 1 fully saturated rings. The molecule has 5 nitrogen and oxygen atoms in total. The maximum Gasteiger partial charge on any atom is 0.351 e. The van der Waals surface area contributed by atoms with Crippen LogP contribution in [0.2, 0.25) is 0 Å². The lowest BCUT2D eigenvalue weighted by Gasteiger charge is -2.35. The van der Waals surface area contributed by atoms with E-state index in [9.17, 15) is 9.59 Å². The lowest BCUT2D eigenvalue weighted by molar-refractivity contribution is -0.138. The van der Waals surface area contributed by atoms with E-state index in [1.807, 2.05) is 42.2 Å². The Morgan fingerprint density at radius 3 is 2.77 bits per heavy atom. The predicted molar refractivity (Wildman–Crippen MR) is 102 cm³/mol. The molecule has 2 aromatic rings. The fourth-order valence-electron chi connectivity index (χ4n) is 3.39. The monoisotopic (exact) mass is 372 g/mol. The summed E-state index contributed by atoms with van der Waals surface area (Å²) in [6, 6.07) is 9.82. The molecule has 138 valence electrons. The summed E-state index contributed by atoms with van der Waals surface area (Å²) in [4.78, 5) is 31.9. The van der Waals surface area contributed by atoms with Crippen molar-refractivity contribution < 1.29 is 14.3 Å². The van der Waals surface area contributed by atoms with Crippen LogP contribution < -0.4 is 0 Å². The van der Waals surface area contributed by atoms with Crippen LogP contribution in [0.25, 0.3) is 11.3 Å². The van der Waals surface area contributed by atoms with Gasteiger partial charge in [-0.15, -0.1) is 11.3 Å². The maximum atomic E-state index is 12.6. The molecule has 0 saturated carbocycles. The normalized spacial score (nSPS) is 17.2. The van der Waals surface area contributed by atoms with Gasteiger partial charge in [0.1, 0.15) is 4.88 Å². The highest BCUT2D eigenvalue weighted by Crippen LogP contribution is 2.28. The molecule has 1 atom stereocenters. The van der Waals surface area contributed by atoms with E-state index in [0.29, 0.717) is 10.6 Å². The third kappa shape index (κ3) is 4.12. The first-order valence-electron chi connectivity index (χ1n) is 9.09. The second kappa shape index (κ2) is 8.45. The molecule has 3 rings (SSSR count). The minimum absolute atomic E-state index is 0.104. The Kier molecular flexibility index (Phi) is 6.04. The number of amides is 1. The van der Waals surface area contributed by atoms with Crippen LogP contribution >= 0.6 is 11.3 Å². The van der Waals surface area contributed by atoms with Gasteiger partial charge in [-0.2, -0.15) is 0 Å². The molecule has 1 saturated heterocycles. The van der Waals surface area contributed by atoms with Crippen molar-refractivity contribution in [1.29, 1.82) is 0 Å². The van der Waals surface area contributed by atoms with Crippen molar-refractivity contribution in [3.05, 3.63) is 40.2 Å². The number of hydrogen-bond donors (Lipinski definition) is 0. The van der Waals surface area contributed by atoms with Crippen LogP contribution in [-0.2, 0) is 9.53 Å². The van der Waals surface area contributed by atoms with Gasteiger partial charge in [0.05, 0.1) is 10.7 Å². The zero-order chi connectivity index (χ0) is 18.5. The van der Waals surface area contributed by atoms with Crippen molar-refractivity contribution in [2.75, 3.05) is 13.2 Å². The Morgan fingerprint density at radius 2 is 2.04 bits per heavy atom. The van der Waals surface area contributed by atoms with Crippen molar-refractivity contribution in [2.45, 2.75) is 45.6 Å². The highest BCUT2D eigenvalue weighted by Gasteiger charge is 2.27. The molecular formula is C20H24N2O3S. The maximum absolute atomic E-state index is 12.6. The molecule has 0 aliphatic carbocycles. The molecule has 1 aromatic carbocycles. The van der Waals surface area contributed by atoms with Gasteiger partial charge in [-0.3, -0.25) is 4.79 Å². The minimum Gasteiger partial charge on any atom is -0.451 e. The van der Waals surface area contributed by atoms with E-state index in [1.165, 1.54) is 11.3 Å². The van der Waals surface area contributed by atoms with Gasteiger partial charge >= 0.3 is 5.97 Å². The molecule has 1 aromatic heterocycles. The Hall–Kier alpha value is -2.21. The standard InChI is InChI=1S/C20H24N2O3S/c1-3-16-11-7-8-12-22(16)17(23)13-25-20(24)19-18(21-14(2)26-19)15-9-5-4-6-10-15/h4-6,9-10,16H,3,7-8,11-13H2,1-2H3/t16-/m1/s1. The Balaban J connectivity index is 1.68. The summed E-state index contributed by atoms with van der Waals surface area (Å²) in [5.74, 6) is -0.583. The Bertz CT molecular complexity index is 773. The molecule has 6 heteroatoms. The molecule has 0 radical (unpaired) electrons. The third-order valence-electron chi connectivity index (χ3n) is 4.71. The van der Waals surface area contributed by atoms with Gasteiger partial charge in [-0.05, 0) is 32.6 Å². The molecule has 0 spiro atoms. The number of carbonyl (C=O) groups excluding carboxylic acids is 2. The van der Waals surface area contributed by atoms with Crippen LogP contribution in [0, 0.1) is 6.92 Å². The number of aromatic nitrogens is 1. The number of rotatable bonds is 5. The lowest BCUT2D eigenvalue weighted by atomic mass is 10.00. The summed E-state index contributed by atoms with van der Waals surface area (Å²) < 4.78 is 5.35. The van der Waals surface area contributed by atoms with E-state index in [2.05, 4.69) is 11.9 Å². The quantitative estimate of drug-likeness (QED) is 0.743. The highest BCUT2D eigenvalue weighted by atomic mass is 32.1. The number of benzene rings is 1. The zero-order valence-electron chi connectivity index (χ0n) is 15.2. The van der Waals surface area contributed by atoms with Crippen molar-refractivity contribution >= 4 is 23.2 Å². The average molecular weight is 372 g/mol. The number of aryl methyl sites for hydroxylation is 1. The molecule has 0 bridgehead atoms. The summed E-state index contributed by atoms with van der Waals surface area (Å²) in [6.45, 7) is 4.50. The Labute approximate surface area is 158 Å². The van der Waals surface area contributed by atoms with Crippen molar-refractivity contribution in [1.82, 2.24) is 9.88 Å². The van der Waals surface area contributed by atoms with Crippen molar-refractivity contribution in [3.8, 4) is 11.3 Å². The van der Waals surface area contributed by atoms with E-state index < -0.39 is 5.97 Å². The third-order valence-corrected chi connectivity index (χ3v) is 5.66. The van der Waals surface area contributed by atoms with Crippen LogP contribution in [0.4, 0.5) is 0 Å². The Morgan fingerprint density at radius 1 is 1.27 bits per heavy atom. The van der Waals surface area contributed by atoms with Crippen LogP contribution in [0.5, 0.6) is 0 Å². The number of nitrogens with zero attached hydrogens (tertiary/aromatic N) is 2. The van der Waals surface area contributed by atoms with Gasteiger partial charge in [-0.25, -0.2) is 9.78 Å². The first-order chi connectivity index (χ1) is 12.6. The van der Waals surface area contributed by atoms with Crippen LogP contribution in [0.15, 0.2) is 30.3 Å². The van der Waals surface area contributed by atoms with Gasteiger partial charge in [-0.1, -0.05) is 37.3 Å². The molecule has 0 N–H and O–H groups in total. The number of piperidine rings is 1. The van der Waals surface area contributed by atoms with E-state index in [1.54, 1.807) is 0 Å². The van der Waals surface area contributed by atoms with Crippen molar-refractivity contribution in [2.24, 2.45) is 0 Å². The highest BCUT2D eigenvalue weighted by molar-refractivity contribution is 7.14. The second-order valence-corrected chi connectivity index (χ2v) is 7.70. The first kappa shape index (κ1) is 18.6. The van der Waals surface area contributed by atoms with Crippen LogP contribution in [-0.4, -0.2) is 41.0 Å². The fourth-order valence-corrected chi connectivity index (χ4v) is 4.22. The summed E-state index contributed by atoms with van der Waals surface area (Å²) in [5, 5.41) is 0.796. The smallest absolute Gasteiger partial charge is 0.351 e. The van der Waals surface area contributed by atoms with Crippen molar-refractivity contribution in [3.63, 3.8) is 0 Å². The number of esters is 1. The van der Waals surface area contributed by atoms with E-state index in [4.69, 9.17) is 4.74 Å². The number of ether oxygens (including phenoxy) is 1. The number of hydrogen-bond acceptors (Lipinski definition) is 5. The average Bonchev–Trinajstić information content (AvgIpc) is 3.08. The second-order valence-electron chi connectivity index (χ2n) is 6.50. The number of carbonyl (C=O) groups is 2. The molecule has 1 aliphatic heterocycles. The van der Waals surface area contributed by atoms with Gasteiger partial charge in [0.15, 0.2) is 6.61 Å². The van der Waals surface area contributed by atoms with E-state index in [0.717, 1.165) is 42.8 Å². The van der Waals surface area contributed by atoms with E-state index >= 15 is 0 Å². The first-order valence-corrected chi connectivity index (χ1v) is 9.91.